The van der Waals surface area contributed by atoms with Crippen molar-refractivity contribution in [3.8, 4) is 17.6 Å². The number of hydrogen-bond donors (Lipinski definition) is 1. The lowest BCUT2D eigenvalue weighted by Gasteiger charge is -2.36. The maximum absolute atomic E-state index is 13.5. The van der Waals surface area contributed by atoms with Crippen molar-refractivity contribution in [3.05, 3.63) is 58.9 Å². The Hall–Kier alpha value is -4.00. The van der Waals surface area contributed by atoms with Crippen molar-refractivity contribution in [3.63, 3.8) is 0 Å². The fourth-order valence-corrected chi connectivity index (χ4v) is 5.15. The molecule has 3 aliphatic rings. The number of nitrogens with zero attached hydrogens (tertiary/aromatic N) is 4. The van der Waals surface area contributed by atoms with Gasteiger partial charge in [0.15, 0.2) is 11.5 Å². The van der Waals surface area contributed by atoms with Crippen LogP contribution in [0.2, 0.25) is 0 Å². The highest BCUT2D eigenvalue weighted by Gasteiger charge is 2.29. The predicted molar refractivity (Wildman–Crippen MR) is 153 cm³/mol. The van der Waals surface area contributed by atoms with Crippen LogP contribution >= 0.6 is 0 Å². The summed E-state index contributed by atoms with van der Waals surface area (Å²) in [4.78, 5) is 20.2. The van der Waals surface area contributed by atoms with Gasteiger partial charge in [0.25, 0.3) is 5.91 Å². The zero-order chi connectivity index (χ0) is 27.5. The van der Waals surface area contributed by atoms with E-state index in [1.807, 2.05) is 38.1 Å². The van der Waals surface area contributed by atoms with Crippen LogP contribution in [0.5, 0.6) is 11.5 Å². The van der Waals surface area contributed by atoms with Crippen molar-refractivity contribution in [1.82, 2.24) is 4.90 Å². The summed E-state index contributed by atoms with van der Waals surface area (Å²) in [5.74, 6) is 1.23. The van der Waals surface area contributed by atoms with Crippen molar-refractivity contribution < 1.29 is 19.0 Å². The lowest BCUT2D eigenvalue weighted by atomic mass is 9.95. The molecule has 0 aromatic heterocycles. The molecule has 0 aliphatic carbocycles. The molecule has 9 nitrogen and oxygen atoms in total. The van der Waals surface area contributed by atoms with Crippen LogP contribution in [0.25, 0.3) is 5.57 Å². The Bertz CT molecular complexity index is 1360. The zero-order valence-electron chi connectivity index (χ0n) is 23.0. The standard InChI is InChI=1S/C30H35N5O4/c1-20(2)24-18-28(30(36)32-22-5-6-26(21(15-22)19-31)35-11-13-38-14-12-35)39-29-25(24)16-23(37-4)17-27(29)34-9-7-33(3)8-10-34/h5-6,15-18H,7-14H2,1-4H3,(H,32,36). The Morgan fingerprint density at radius 2 is 1.72 bits per heavy atom. The lowest BCUT2D eigenvalue weighted by molar-refractivity contribution is -0.114. The Balaban J connectivity index is 1.44. The lowest BCUT2D eigenvalue weighted by Crippen LogP contribution is -2.44. The minimum atomic E-state index is -0.373. The number of anilines is 3. The van der Waals surface area contributed by atoms with Crippen molar-refractivity contribution in [2.75, 3.05) is 81.8 Å². The molecule has 0 radical (unpaired) electrons. The minimum Gasteiger partial charge on any atom is -0.497 e. The topological polar surface area (TPSA) is 90.3 Å². The Kier molecular flexibility index (Phi) is 7.77. The van der Waals surface area contributed by atoms with Gasteiger partial charge in [0, 0.05) is 56.6 Å². The summed E-state index contributed by atoms with van der Waals surface area (Å²) in [6.07, 6.45) is 1.79. The number of carbonyl (C=O) groups is 1. The van der Waals surface area contributed by atoms with E-state index in [9.17, 15) is 10.1 Å². The average Bonchev–Trinajstić information content (AvgIpc) is 2.96. The van der Waals surface area contributed by atoms with Crippen molar-refractivity contribution >= 4 is 28.5 Å². The molecule has 1 amide bonds. The molecule has 0 atom stereocenters. The molecule has 2 fully saturated rings. The number of methoxy groups -OCH3 is 1. The number of fused-ring (bicyclic) bond motifs is 1. The van der Waals surface area contributed by atoms with Gasteiger partial charge < -0.3 is 34.2 Å². The molecule has 0 saturated carbocycles. The quantitative estimate of drug-likeness (QED) is 0.625. The first-order chi connectivity index (χ1) is 18.9. The number of ether oxygens (including phenoxy) is 3. The monoisotopic (exact) mass is 529 g/mol. The molecular formula is C30H35N5O4. The maximum atomic E-state index is 13.5. The molecule has 9 heteroatoms. The molecule has 1 N–H and O–H groups in total. The second-order valence-corrected chi connectivity index (χ2v) is 10.2. The van der Waals surface area contributed by atoms with Crippen LogP contribution < -0.4 is 24.6 Å². The van der Waals surface area contributed by atoms with Gasteiger partial charge in [-0.3, -0.25) is 4.79 Å². The van der Waals surface area contributed by atoms with E-state index >= 15 is 0 Å². The largest absolute Gasteiger partial charge is 0.497 e. The second-order valence-electron chi connectivity index (χ2n) is 10.2. The van der Waals surface area contributed by atoms with Crippen LogP contribution in [0.1, 0.15) is 25.0 Å². The van der Waals surface area contributed by atoms with Crippen LogP contribution in [0, 0.1) is 11.3 Å². The van der Waals surface area contributed by atoms with E-state index in [0.717, 1.165) is 73.1 Å². The molecule has 2 aromatic carbocycles. The Labute approximate surface area is 229 Å². The summed E-state index contributed by atoms with van der Waals surface area (Å²) in [5.41, 5.74) is 5.70. The van der Waals surface area contributed by atoms with Gasteiger partial charge in [-0.05, 0) is 56.8 Å². The third kappa shape index (κ3) is 5.58. The normalized spacial score (nSPS) is 17.5. The molecule has 39 heavy (non-hydrogen) atoms. The van der Waals surface area contributed by atoms with Gasteiger partial charge in [-0.25, -0.2) is 0 Å². The van der Waals surface area contributed by atoms with Gasteiger partial charge in [-0.2, -0.15) is 5.26 Å². The third-order valence-corrected chi connectivity index (χ3v) is 7.39. The number of allylic oxidation sites excluding steroid dienone is 3. The van der Waals surface area contributed by atoms with Crippen LogP contribution in [-0.4, -0.2) is 77.4 Å². The second kappa shape index (κ2) is 11.4. The number of benzene rings is 2. The summed E-state index contributed by atoms with van der Waals surface area (Å²) < 4.78 is 17.4. The van der Waals surface area contributed by atoms with Crippen molar-refractivity contribution in [1.29, 1.82) is 5.26 Å². The van der Waals surface area contributed by atoms with Gasteiger partial charge in [0.1, 0.15) is 11.8 Å². The number of carbonyl (C=O) groups excluding carboxylic acids is 1. The Morgan fingerprint density at radius 1 is 1.00 bits per heavy atom. The number of rotatable bonds is 5. The van der Waals surface area contributed by atoms with E-state index < -0.39 is 0 Å². The summed E-state index contributed by atoms with van der Waals surface area (Å²) in [6.45, 7) is 10.3. The van der Waals surface area contributed by atoms with E-state index in [4.69, 9.17) is 14.2 Å². The highest BCUT2D eigenvalue weighted by Crippen LogP contribution is 2.45. The van der Waals surface area contributed by atoms with E-state index in [1.165, 1.54) is 0 Å². The highest BCUT2D eigenvalue weighted by molar-refractivity contribution is 6.06. The molecule has 5 rings (SSSR count). The van der Waals surface area contributed by atoms with E-state index in [0.29, 0.717) is 30.2 Å². The molecule has 3 heterocycles. The summed E-state index contributed by atoms with van der Waals surface area (Å²) in [7, 11) is 3.78. The number of amides is 1. The zero-order valence-corrected chi connectivity index (χ0v) is 23.0. The predicted octanol–water partition coefficient (Wildman–Crippen LogP) is 3.86. The number of morpholine rings is 1. The molecule has 2 saturated heterocycles. The summed E-state index contributed by atoms with van der Waals surface area (Å²) >= 11 is 0. The fourth-order valence-electron chi connectivity index (χ4n) is 5.15. The molecule has 3 aliphatic heterocycles. The molecule has 0 unspecified atom stereocenters. The number of hydrogen-bond acceptors (Lipinski definition) is 8. The SMILES string of the molecule is COc1cc2c(c(N3CCN(C)CC3)c1)OC(C(=O)Nc1ccc(N3CCOCC3)c(C#N)c1)=CC2=C(C)C. The highest BCUT2D eigenvalue weighted by atomic mass is 16.5. The van der Waals surface area contributed by atoms with Gasteiger partial charge in [-0.15, -0.1) is 0 Å². The summed E-state index contributed by atoms with van der Waals surface area (Å²) in [5, 5.41) is 12.7. The first-order valence-electron chi connectivity index (χ1n) is 13.3. The number of piperazine rings is 1. The van der Waals surface area contributed by atoms with Crippen molar-refractivity contribution in [2.24, 2.45) is 0 Å². The van der Waals surface area contributed by atoms with Gasteiger partial charge >= 0.3 is 0 Å². The molecular weight excluding hydrogens is 494 g/mol. The van der Waals surface area contributed by atoms with Crippen LogP contribution in [0.15, 0.2) is 47.7 Å². The van der Waals surface area contributed by atoms with Gasteiger partial charge in [0.2, 0.25) is 0 Å². The van der Waals surface area contributed by atoms with Crippen LogP contribution in [0.3, 0.4) is 0 Å². The summed E-state index contributed by atoms with van der Waals surface area (Å²) in [6, 6.07) is 11.6. The molecule has 0 spiro atoms. The molecule has 0 bridgehead atoms. The molecule has 204 valence electrons. The van der Waals surface area contributed by atoms with E-state index in [1.54, 1.807) is 19.3 Å². The maximum Gasteiger partial charge on any atom is 0.291 e. The molecule has 2 aromatic rings. The first kappa shape index (κ1) is 26.6. The number of likely N-dealkylation sites (N-methyl/N-ethyl adjacent to an activating group) is 1. The van der Waals surface area contributed by atoms with Crippen molar-refractivity contribution in [2.45, 2.75) is 13.8 Å². The first-order valence-corrected chi connectivity index (χ1v) is 13.3. The fraction of sp³-hybridized carbons (Fsp3) is 0.400. The van der Waals surface area contributed by atoms with Gasteiger partial charge in [0.05, 0.1) is 37.3 Å². The third-order valence-electron chi connectivity index (χ3n) is 7.39. The van der Waals surface area contributed by atoms with Crippen LogP contribution in [0.4, 0.5) is 17.1 Å². The number of nitrogens with one attached hydrogen (secondary N) is 1. The minimum absolute atomic E-state index is 0.204. The van der Waals surface area contributed by atoms with Gasteiger partial charge in [-0.1, -0.05) is 5.57 Å². The number of nitriles is 1. The van der Waals surface area contributed by atoms with E-state index in [-0.39, 0.29) is 11.7 Å². The van der Waals surface area contributed by atoms with E-state index in [2.05, 4.69) is 33.1 Å². The smallest absolute Gasteiger partial charge is 0.291 e. The average molecular weight is 530 g/mol. The van der Waals surface area contributed by atoms with Crippen LogP contribution in [-0.2, 0) is 9.53 Å². The Morgan fingerprint density at radius 3 is 2.38 bits per heavy atom.